The van der Waals surface area contributed by atoms with E-state index in [0.29, 0.717) is 22.9 Å². The first-order chi connectivity index (χ1) is 12.3. The van der Waals surface area contributed by atoms with Crippen LogP contribution in [-0.2, 0) is 14.3 Å². The number of hydrogen-bond donors (Lipinski definition) is 2. The van der Waals surface area contributed by atoms with Crippen LogP contribution < -0.4 is 10.6 Å². The molecule has 0 aliphatic rings. The van der Waals surface area contributed by atoms with Gasteiger partial charge in [-0.25, -0.2) is 4.79 Å². The maximum Gasteiger partial charge on any atom is 0.338 e. The summed E-state index contributed by atoms with van der Waals surface area (Å²) in [5.74, 6) is -0.800. The van der Waals surface area contributed by atoms with Gasteiger partial charge in [0, 0.05) is 18.3 Å². The molecule has 0 saturated carbocycles. The van der Waals surface area contributed by atoms with Crippen LogP contribution in [0, 0.1) is 0 Å². The first-order valence-electron chi connectivity index (χ1n) is 8.29. The van der Waals surface area contributed by atoms with Crippen LogP contribution >= 0.6 is 0 Å². The molecule has 2 amide bonds. The Morgan fingerprint density at radius 1 is 0.885 bits per heavy atom. The van der Waals surface area contributed by atoms with Crippen LogP contribution in [0.4, 0.5) is 11.4 Å². The lowest BCUT2D eigenvalue weighted by atomic mass is 10.0. The average Bonchev–Trinajstić information content (AvgIpc) is 2.60. The van der Waals surface area contributed by atoms with E-state index in [4.69, 9.17) is 4.74 Å². The highest BCUT2D eigenvalue weighted by Gasteiger charge is 2.11. The fourth-order valence-corrected chi connectivity index (χ4v) is 2.26. The number of carbonyl (C=O) groups excluding carboxylic acids is 3. The third-order valence-corrected chi connectivity index (χ3v) is 3.64. The summed E-state index contributed by atoms with van der Waals surface area (Å²) < 4.78 is 5.01. The second-order valence-corrected chi connectivity index (χ2v) is 6.16. The molecule has 0 saturated heterocycles. The lowest BCUT2D eigenvalue weighted by molar-refractivity contribution is -0.119. The Labute approximate surface area is 152 Å². The molecule has 6 nitrogen and oxygen atoms in total. The number of carbonyl (C=O) groups is 3. The van der Waals surface area contributed by atoms with E-state index in [1.807, 2.05) is 24.3 Å². The van der Waals surface area contributed by atoms with Gasteiger partial charge >= 0.3 is 5.97 Å². The van der Waals surface area contributed by atoms with Crippen LogP contribution in [0.25, 0.3) is 0 Å². The summed E-state index contributed by atoms with van der Waals surface area (Å²) >= 11 is 0. The highest BCUT2D eigenvalue weighted by atomic mass is 16.5. The number of amides is 2. The zero-order valence-corrected chi connectivity index (χ0v) is 15.0. The third-order valence-electron chi connectivity index (χ3n) is 3.64. The van der Waals surface area contributed by atoms with E-state index in [-0.39, 0.29) is 12.5 Å². The van der Waals surface area contributed by atoms with E-state index in [1.54, 1.807) is 12.1 Å². The molecule has 0 spiro atoms. The van der Waals surface area contributed by atoms with Gasteiger partial charge in [0.15, 0.2) is 6.61 Å². The third kappa shape index (κ3) is 5.73. The van der Waals surface area contributed by atoms with E-state index in [0.717, 1.165) is 0 Å². The maximum absolute atomic E-state index is 12.0. The fraction of sp³-hybridized carbons (Fsp3) is 0.250. The molecule has 136 valence electrons. The lowest BCUT2D eigenvalue weighted by Gasteiger charge is -2.09. The minimum absolute atomic E-state index is 0.196. The number of esters is 1. The van der Waals surface area contributed by atoms with Crippen molar-refractivity contribution in [1.82, 2.24) is 0 Å². The number of anilines is 2. The van der Waals surface area contributed by atoms with Gasteiger partial charge in [-0.2, -0.15) is 0 Å². The second kappa shape index (κ2) is 8.80. The predicted molar refractivity (Wildman–Crippen MR) is 100 cm³/mol. The van der Waals surface area contributed by atoms with Crippen molar-refractivity contribution in [1.29, 1.82) is 0 Å². The van der Waals surface area contributed by atoms with E-state index in [9.17, 15) is 14.4 Å². The van der Waals surface area contributed by atoms with E-state index in [1.165, 1.54) is 24.6 Å². The van der Waals surface area contributed by atoms with Gasteiger partial charge in [0.2, 0.25) is 5.91 Å². The van der Waals surface area contributed by atoms with Crippen LogP contribution in [0.3, 0.4) is 0 Å². The number of benzene rings is 2. The van der Waals surface area contributed by atoms with Crippen molar-refractivity contribution in [3.05, 3.63) is 59.7 Å². The quantitative estimate of drug-likeness (QED) is 0.777. The highest BCUT2D eigenvalue weighted by Crippen LogP contribution is 2.17. The Hall–Kier alpha value is -3.15. The van der Waals surface area contributed by atoms with Crippen LogP contribution in [0.15, 0.2) is 48.5 Å². The Balaban J connectivity index is 1.84. The molecule has 2 aromatic carbocycles. The Morgan fingerprint density at radius 3 is 1.96 bits per heavy atom. The molecule has 2 aromatic rings. The molecular weight excluding hydrogens is 332 g/mol. The van der Waals surface area contributed by atoms with E-state index < -0.39 is 11.9 Å². The molecule has 0 fully saturated rings. The van der Waals surface area contributed by atoms with Gasteiger partial charge in [-0.1, -0.05) is 26.0 Å². The Bertz CT molecular complexity index is 780. The van der Waals surface area contributed by atoms with Gasteiger partial charge in [0.1, 0.15) is 0 Å². The van der Waals surface area contributed by atoms with Gasteiger partial charge in [0.05, 0.1) is 5.56 Å². The second-order valence-electron chi connectivity index (χ2n) is 6.16. The summed E-state index contributed by atoms with van der Waals surface area (Å²) in [4.78, 5) is 34.8. The molecule has 0 aromatic heterocycles. The van der Waals surface area contributed by atoms with E-state index >= 15 is 0 Å². The fourth-order valence-electron chi connectivity index (χ4n) is 2.26. The largest absolute Gasteiger partial charge is 0.452 e. The first kappa shape index (κ1) is 19.2. The zero-order chi connectivity index (χ0) is 19.1. The average molecular weight is 354 g/mol. The van der Waals surface area contributed by atoms with Gasteiger partial charge in [-0.05, 0) is 47.9 Å². The van der Waals surface area contributed by atoms with Crippen LogP contribution in [0.5, 0.6) is 0 Å². The topological polar surface area (TPSA) is 84.5 Å². The van der Waals surface area contributed by atoms with E-state index in [2.05, 4.69) is 24.5 Å². The summed E-state index contributed by atoms with van der Waals surface area (Å²) in [5.41, 5.74) is 2.71. The lowest BCUT2D eigenvalue weighted by Crippen LogP contribution is -2.21. The molecular formula is C20H22N2O4. The Morgan fingerprint density at radius 2 is 1.42 bits per heavy atom. The molecule has 2 N–H and O–H groups in total. The normalized spacial score (nSPS) is 10.3. The standard InChI is InChI=1S/C20H22N2O4/c1-13(2)15-4-8-18(9-5-15)22-19(24)12-26-20(25)16-6-10-17(11-7-16)21-14(3)23/h4-11,13H,12H2,1-3H3,(H,21,23)(H,22,24). The first-order valence-corrected chi connectivity index (χ1v) is 8.29. The number of hydrogen-bond acceptors (Lipinski definition) is 4. The molecule has 6 heteroatoms. The molecule has 2 rings (SSSR count). The van der Waals surface area contributed by atoms with Crippen molar-refractivity contribution in [2.24, 2.45) is 0 Å². The highest BCUT2D eigenvalue weighted by molar-refractivity contribution is 5.96. The monoisotopic (exact) mass is 354 g/mol. The van der Waals surface area contributed by atoms with Crippen molar-refractivity contribution < 1.29 is 19.1 Å². The predicted octanol–water partition coefficient (Wildman–Crippen LogP) is 3.56. The maximum atomic E-state index is 12.0. The number of rotatable bonds is 6. The summed E-state index contributed by atoms with van der Waals surface area (Å²) in [6, 6.07) is 13.8. The van der Waals surface area contributed by atoms with Gasteiger partial charge in [-0.15, -0.1) is 0 Å². The summed E-state index contributed by atoms with van der Waals surface area (Å²) in [7, 11) is 0. The van der Waals surface area contributed by atoms with Crippen LogP contribution in [-0.4, -0.2) is 24.4 Å². The van der Waals surface area contributed by atoms with Gasteiger partial charge in [-0.3, -0.25) is 9.59 Å². The molecule has 0 unspecified atom stereocenters. The van der Waals surface area contributed by atoms with Crippen LogP contribution in [0.2, 0.25) is 0 Å². The van der Waals surface area contributed by atoms with Crippen molar-refractivity contribution >= 4 is 29.2 Å². The van der Waals surface area contributed by atoms with Crippen molar-refractivity contribution in [2.75, 3.05) is 17.2 Å². The molecule has 0 aliphatic carbocycles. The molecule has 0 aliphatic heterocycles. The minimum Gasteiger partial charge on any atom is -0.452 e. The summed E-state index contributed by atoms with van der Waals surface area (Å²) in [6.45, 7) is 5.21. The molecule has 0 heterocycles. The zero-order valence-electron chi connectivity index (χ0n) is 15.0. The van der Waals surface area contributed by atoms with Gasteiger partial charge < -0.3 is 15.4 Å². The SMILES string of the molecule is CC(=O)Nc1ccc(C(=O)OCC(=O)Nc2ccc(C(C)C)cc2)cc1. The summed E-state index contributed by atoms with van der Waals surface area (Å²) in [6.07, 6.45) is 0. The smallest absolute Gasteiger partial charge is 0.338 e. The number of nitrogens with one attached hydrogen (secondary N) is 2. The Kier molecular flexibility index (Phi) is 6.49. The molecule has 0 atom stereocenters. The van der Waals surface area contributed by atoms with Crippen LogP contribution in [0.1, 0.15) is 42.6 Å². The van der Waals surface area contributed by atoms with Gasteiger partial charge in [0.25, 0.3) is 5.91 Å². The summed E-state index contributed by atoms with van der Waals surface area (Å²) in [5, 5.41) is 5.29. The molecule has 0 radical (unpaired) electrons. The van der Waals surface area contributed by atoms with Crippen molar-refractivity contribution in [2.45, 2.75) is 26.7 Å². The van der Waals surface area contributed by atoms with Crippen molar-refractivity contribution in [3.63, 3.8) is 0 Å². The minimum atomic E-state index is -0.607. The number of ether oxygens (including phenoxy) is 1. The van der Waals surface area contributed by atoms with Crippen molar-refractivity contribution in [3.8, 4) is 0 Å². The molecule has 26 heavy (non-hydrogen) atoms. The molecule has 0 bridgehead atoms.